The van der Waals surface area contributed by atoms with E-state index in [1.807, 2.05) is 30.5 Å². The van der Waals surface area contributed by atoms with Crippen LogP contribution < -0.4 is 15.6 Å². The molecule has 0 aliphatic rings. The van der Waals surface area contributed by atoms with Gasteiger partial charge in [0.25, 0.3) is 10.9 Å². The molecule has 0 radical (unpaired) electrons. The number of pyridine rings is 1. The summed E-state index contributed by atoms with van der Waals surface area (Å²) in [6.07, 6.45) is 1.85. The maximum absolute atomic E-state index is 5.27. The first kappa shape index (κ1) is 12.5. The minimum atomic E-state index is 0.574. The molecule has 1 heterocycles. The Balaban J connectivity index is 2.03. The molecule has 0 aliphatic heterocycles. The third kappa shape index (κ3) is 3.28. The van der Waals surface area contributed by atoms with Crippen molar-refractivity contribution in [2.24, 2.45) is 0 Å². The molecule has 92 valence electrons. The van der Waals surface area contributed by atoms with Crippen molar-refractivity contribution in [3.63, 3.8) is 0 Å². The number of rotatable bonds is 2. The molecule has 0 atom stereocenters. The average molecular weight is 258 g/mol. The molecule has 0 saturated heterocycles. The molecule has 0 unspecified atom stereocenters. The Labute approximate surface area is 112 Å². The predicted octanol–water partition coefficient (Wildman–Crippen LogP) is 2.93. The normalized spacial score (nSPS) is 9.89. The van der Waals surface area contributed by atoms with Crippen LogP contribution in [-0.4, -0.2) is 5.11 Å². The lowest BCUT2D eigenvalue weighted by molar-refractivity contribution is -0.360. The maximum Gasteiger partial charge on any atom is 0.279 e. The molecule has 0 fully saturated rings. The van der Waals surface area contributed by atoms with Crippen LogP contribution >= 0.6 is 12.2 Å². The molecule has 18 heavy (non-hydrogen) atoms. The molecule has 2 rings (SSSR count). The van der Waals surface area contributed by atoms with Gasteiger partial charge < -0.3 is 5.32 Å². The minimum absolute atomic E-state index is 0.574. The highest BCUT2D eigenvalue weighted by molar-refractivity contribution is 7.80. The Bertz CT molecular complexity index is 552. The molecule has 3 N–H and O–H groups in total. The molecule has 0 spiro atoms. The van der Waals surface area contributed by atoms with Gasteiger partial charge in [-0.05, 0) is 43.8 Å². The van der Waals surface area contributed by atoms with Crippen molar-refractivity contribution in [2.45, 2.75) is 13.8 Å². The number of nitrogens with one attached hydrogen (secondary N) is 3. The van der Waals surface area contributed by atoms with Gasteiger partial charge in [0.05, 0.1) is 6.20 Å². The second-order valence-corrected chi connectivity index (χ2v) is 4.58. The number of hydrogen-bond donors (Lipinski definition) is 2. The van der Waals surface area contributed by atoms with Gasteiger partial charge in [0.1, 0.15) is 0 Å². The summed E-state index contributed by atoms with van der Waals surface area (Å²) < 4.78 is 0. The SMILES string of the molecule is Cc1ccc(NC(=S)Nc2cccc[nH+]2)c(C)c1. The number of anilines is 2. The van der Waals surface area contributed by atoms with Gasteiger partial charge in [-0.1, -0.05) is 23.8 Å². The van der Waals surface area contributed by atoms with Crippen LogP contribution in [0, 0.1) is 13.8 Å². The van der Waals surface area contributed by atoms with Crippen LogP contribution in [0.25, 0.3) is 0 Å². The van der Waals surface area contributed by atoms with E-state index in [4.69, 9.17) is 12.2 Å². The number of aromatic nitrogens is 1. The lowest BCUT2D eigenvalue weighted by atomic mass is 10.1. The van der Waals surface area contributed by atoms with Crippen molar-refractivity contribution in [3.05, 3.63) is 53.7 Å². The predicted molar refractivity (Wildman–Crippen MR) is 78.8 cm³/mol. The zero-order valence-corrected chi connectivity index (χ0v) is 11.3. The third-order valence-electron chi connectivity index (χ3n) is 2.59. The topological polar surface area (TPSA) is 38.2 Å². The van der Waals surface area contributed by atoms with Crippen LogP contribution in [0.15, 0.2) is 42.6 Å². The lowest BCUT2D eigenvalue weighted by Gasteiger charge is -2.08. The molecule has 1 aromatic carbocycles. The number of hydrogen-bond acceptors (Lipinski definition) is 1. The average Bonchev–Trinajstić information content (AvgIpc) is 2.34. The fourth-order valence-electron chi connectivity index (χ4n) is 1.70. The quantitative estimate of drug-likeness (QED) is 0.813. The Morgan fingerprint density at radius 2 is 1.94 bits per heavy atom. The summed E-state index contributed by atoms with van der Waals surface area (Å²) in [7, 11) is 0. The number of benzene rings is 1. The lowest BCUT2D eigenvalue weighted by Crippen LogP contribution is -2.23. The van der Waals surface area contributed by atoms with Gasteiger partial charge in [0.2, 0.25) is 0 Å². The van der Waals surface area contributed by atoms with Crippen molar-refractivity contribution in [3.8, 4) is 0 Å². The van der Waals surface area contributed by atoms with Crippen molar-refractivity contribution < 1.29 is 4.98 Å². The van der Waals surface area contributed by atoms with E-state index in [0.29, 0.717) is 5.11 Å². The molecule has 2 aromatic rings. The molecule has 0 saturated carbocycles. The third-order valence-corrected chi connectivity index (χ3v) is 2.79. The summed E-state index contributed by atoms with van der Waals surface area (Å²) in [6, 6.07) is 12.0. The summed E-state index contributed by atoms with van der Waals surface area (Å²) in [4.78, 5) is 3.07. The van der Waals surface area contributed by atoms with E-state index >= 15 is 0 Å². The first-order valence-electron chi connectivity index (χ1n) is 5.77. The summed E-state index contributed by atoms with van der Waals surface area (Å²) in [5.41, 5.74) is 3.44. The Morgan fingerprint density at radius 1 is 1.11 bits per heavy atom. The zero-order chi connectivity index (χ0) is 13.0. The zero-order valence-electron chi connectivity index (χ0n) is 10.4. The molecule has 0 amide bonds. The van der Waals surface area contributed by atoms with Crippen molar-refractivity contribution >= 4 is 28.8 Å². The molecule has 0 aliphatic carbocycles. The molecule has 3 nitrogen and oxygen atoms in total. The first-order chi connectivity index (χ1) is 8.65. The van der Waals surface area contributed by atoms with Gasteiger partial charge in [-0.3, -0.25) is 0 Å². The smallest absolute Gasteiger partial charge is 0.279 e. The van der Waals surface area contributed by atoms with Gasteiger partial charge in [0.15, 0.2) is 0 Å². The minimum Gasteiger partial charge on any atom is -0.313 e. The Kier molecular flexibility index (Phi) is 3.89. The highest BCUT2D eigenvalue weighted by Gasteiger charge is 2.06. The number of aryl methyl sites for hydroxylation is 2. The van der Waals surface area contributed by atoms with Gasteiger partial charge in [0, 0.05) is 11.8 Å². The largest absolute Gasteiger partial charge is 0.313 e. The van der Waals surface area contributed by atoms with Gasteiger partial charge in [-0.25, -0.2) is 10.3 Å². The van der Waals surface area contributed by atoms with E-state index in [1.165, 1.54) is 11.1 Å². The Hall–Kier alpha value is -1.94. The van der Waals surface area contributed by atoms with E-state index in [-0.39, 0.29) is 0 Å². The summed E-state index contributed by atoms with van der Waals surface area (Å²) in [5.74, 6) is 0.861. The summed E-state index contributed by atoms with van der Waals surface area (Å²) in [5, 5.41) is 6.86. The fraction of sp³-hybridized carbons (Fsp3) is 0.143. The Morgan fingerprint density at radius 3 is 2.61 bits per heavy atom. The van der Waals surface area contributed by atoms with Crippen LogP contribution in [0.5, 0.6) is 0 Å². The van der Waals surface area contributed by atoms with Crippen molar-refractivity contribution in [2.75, 3.05) is 10.6 Å². The highest BCUT2D eigenvalue weighted by Crippen LogP contribution is 2.16. The first-order valence-corrected chi connectivity index (χ1v) is 6.18. The van der Waals surface area contributed by atoms with Gasteiger partial charge in [-0.15, -0.1) is 0 Å². The van der Waals surface area contributed by atoms with Crippen molar-refractivity contribution in [1.29, 1.82) is 0 Å². The van der Waals surface area contributed by atoms with Crippen molar-refractivity contribution in [1.82, 2.24) is 0 Å². The van der Waals surface area contributed by atoms with Crippen LogP contribution in [0.3, 0.4) is 0 Å². The van der Waals surface area contributed by atoms with E-state index in [0.717, 1.165) is 11.5 Å². The number of thiocarbonyl (C=S) groups is 1. The van der Waals surface area contributed by atoms with E-state index in [1.54, 1.807) is 0 Å². The maximum atomic E-state index is 5.27. The van der Waals surface area contributed by atoms with Crippen LogP contribution in [0.4, 0.5) is 11.5 Å². The number of H-pyrrole nitrogens is 1. The molecular formula is C14H16N3S+. The second kappa shape index (κ2) is 5.60. The standard InChI is InChI=1S/C14H15N3S/c1-10-6-7-12(11(2)9-10)16-14(18)17-13-5-3-4-8-15-13/h3-9H,1-2H3,(H2,15,16,17,18)/p+1. The van der Waals surface area contributed by atoms with Crippen LogP contribution in [0.2, 0.25) is 0 Å². The van der Waals surface area contributed by atoms with E-state index < -0.39 is 0 Å². The molecular weight excluding hydrogens is 242 g/mol. The summed E-state index contributed by atoms with van der Waals surface area (Å²) >= 11 is 5.27. The molecule has 1 aromatic heterocycles. The van der Waals surface area contributed by atoms with Crippen LogP contribution in [0.1, 0.15) is 11.1 Å². The van der Waals surface area contributed by atoms with Crippen LogP contribution in [-0.2, 0) is 0 Å². The summed E-state index contributed by atoms with van der Waals surface area (Å²) in [6.45, 7) is 4.14. The fourth-order valence-corrected chi connectivity index (χ4v) is 1.92. The van der Waals surface area contributed by atoms with E-state index in [2.05, 4.69) is 41.6 Å². The molecule has 4 heteroatoms. The van der Waals surface area contributed by atoms with Gasteiger partial charge >= 0.3 is 0 Å². The van der Waals surface area contributed by atoms with E-state index in [9.17, 15) is 0 Å². The monoisotopic (exact) mass is 258 g/mol. The molecule has 0 bridgehead atoms. The second-order valence-electron chi connectivity index (χ2n) is 4.17. The number of aromatic amines is 1. The highest BCUT2D eigenvalue weighted by atomic mass is 32.1. The van der Waals surface area contributed by atoms with Gasteiger partial charge in [-0.2, -0.15) is 0 Å².